The Labute approximate surface area is 98.3 Å². The van der Waals surface area contributed by atoms with Gasteiger partial charge < -0.3 is 5.32 Å². The largest absolute Gasteiger partial charge is 0.368 e. The van der Waals surface area contributed by atoms with E-state index < -0.39 is 11.4 Å². The summed E-state index contributed by atoms with van der Waals surface area (Å²) in [5.74, 6) is -0.0845. The highest BCUT2D eigenvalue weighted by molar-refractivity contribution is 5.94. The van der Waals surface area contributed by atoms with Crippen molar-refractivity contribution in [2.24, 2.45) is 15.4 Å². The van der Waals surface area contributed by atoms with Crippen LogP contribution >= 0.6 is 0 Å². The van der Waals surface area contributed by atoms with E-state index in [0.717, 1.165) is 0 Å². The lowest BCUT2D eigenvalue weighted by atomic mass is 9.95. The molecule has 0 fully saturated rings. The normalized spacial score (nSPS) is 13.7. The van der Waals surface area contributed by atoms with Crippen molar-refractivity contribution in [3.63, 3.8) is 0 Å². The summed E-state index contributed by atoms with van der Waals surface area (Å²) in [6.45, 7) is 5.50. The van der Waals surface area contributed by atoms with E-state index >= 15 is 0 Å². The van der Waals surface area contributed by atoms with Gasteiger partial charge in [0.05, 0.1) is 10.7 Å². The number of carbonyl (C=O) groups excluding carboxylic acids is 2. The van der Waals surface area contributed by atoms with Gasteiger partial charge in [0.1, 0.15) is 0 Å². The number of benzene rings is 1. The lowest BCUT2D eigenvalue weighted by Crippen LogP contribution is -2.29. The monoisotopic (exact) mass is 231 g/mol. The smallest absolute Gasteiger partial charge is 0.326 e. The third-order valence-corrected chi connectivity index (χ3v) is 2.35. The Morgan fingerprint density at radius 2 is 1.82 bits per heavy atom. The Kier molecular flexibility index (Phi) is 2.53. The maximum Gasteiger partial charge on any atom is 0.368 e. The minimum atomic E-state index is -0.501. The van der Waals surface area contributed by atoms with Gasteiger partial charge in [-0.15, -0.1) is 0 Å². The SMILES string of the molecule is CC(C)(C)C(=O)Nc1ccc2c(c1)=NC(=O)N=2. The van der Waals surface area contributed by atoms with E-state index in [9.17, 15) is 9.59 Å². The first-order valence-electron chi connectivity index (χ1n) is 5.29. The number of carbonyl (C=O) groups is 2. The van der Waals surface area contributed by atoms with E-state index in [1.807, 2.05) is 20.8 Å². The maximum atomic E-state index is 11.8. The van der Waals surface area contributed by atoms with Crippen molar-refractivity contribution in [2.45, 2.75) is 20.8 Å². The molecule has 0 saturated heterocycles. The van der Waals surface area contributed by atoms with Gasteiger partial charge in [0.25, 0.3) is 0 Å². The van der Waals surface area contributed by atoms with Gasteiger partial charge in [0.2, 0.25) is 5.91 Å². The van der Waals surface area contributed by atoms with Crippen molar-refractivity contribution in [1.29, 1.82) is 0 Å². The molecule has 1 aromatic carbocycles. The molecule has 3 amide bonds. The molecular weight excluding hydrogens is 218 g/mol. The Morgan fingerprint density at radius 1 is 1.18 bits per heavy atom. The number of rotatable bonds is 1. The van der Waals surface area contributed by atoms with Crippen LogP contribution in [0.15, 0.2) is 28.2 Å². The van der Waals surface area contributed by atoms with Crippen molar-refractivity contribution >= 4 is 17.6 Å². The van der Waals surface area contributed by atoms with Gasteiger partial charge in [-0.25, -0.2) is 4.79 Å². The van der Waals surface area contributed by atoms with Crippen molar-refractivity contribution in [3.8, 4) is 0 Å². The number of hydrogen-bond acceptors (Lipinski definition) is 2. The molecule has 0 aromatic heterocycles. The van der Waals surface area contributed by atoms with Gasteiger partial charge >= 0.3 is 6.03 Å². The molecule has 1 N–H and O–H groups in total. The summed E-state index contributed by atoms with van der Waals surface area (Å²) in [5, 5.41) is 3.82. The topological polar surface area (TPSA) is 70.9 Å². The van der Waals surface area contributed by atoms with Crippen LogP contribution in [0.3, 0.4) is 0 Å². The molecule has 0 saturated carbocycles. The second-order valence-corrected chi connectivity index (χ2v) is 4.91. The first-order valence-corrected chi connectivity index (χ1v) is 5.29. The van der Waals surface area contributed by atoms with Crippen LogP contribution in [-0.4, -0.2) is 11.9 Å². The van der Waals surface area contributed by atoms with Gasteiger partial charge in [-0.3, -0.25) is 4.79 Å². The third-order valence-electron chi connectivity index (χ3n) is 2.35. The standard InChI is InChI=1S/C12H13N3O2/c1-12(2,3)10(16)13-7-4-5-8-9(6-7)15-11(17)14-8/h4-6H,1-3H3,(H,13,16). The zero-order valence-corrected chi connectivity index (χ0v) is 9.94. The molecule has 5 nitrogen and oxygen atoms in total. The lowest BCUT2D eigenvalue weighted by Gasteiger charge is -2.17. The van der Waals surface area contributed by atoms with Crippen molar-refractivity contribution in [2.75, 3.05) is 5.32 Å². The number of hydrogen-bond donors (Lipinski definition) is 1. The van der Waals surface area contributed by atoms with Crippen molar-refractivity contribution in [1.82, 2.24) is 0 Å². The fourth-order valence-electron chi connectivity index (χ4n) is 1.33. The van der Waals surface area contributed by atoms with E-state index in [1.54, 1.807) is 18.2 Å². The van der Waals surface area contributed by atoms with Gasteiger partial charge in [0.15, 0.2) is 0 Å². The fraction of sp³-hybridized carbons (Fsp3) is 0.333. The van der Waals surface area contributed by atoms with E-state index in [2.05, 4.69) is 15.3 Å². The van der Waals surface area contributed by atoms with Gasteiger partial charge in [-0.1, -0.05) is 20.8 Å². The summed E-state index contributed by atoms with van der Waals surface area (Å²) in [4.78, 5) is 30.2. The molecule has 0 unspecified atom stereocenters. The van der Waals surface area contributed by atoms with Crippen molar-refractivity contribution < 1.29 is 9.59 Å². The summed E-state index contributed by atoms with van der Waals surface area (Å²) in [7, 11) is 0. The average Bonchev–Trinajstić information content (AvgIpc) is 2.55. The van der Waals surface area contributed by atoms with Gasteiger partial charge in [-0.2, -0.15) is 9.98 Å². The molecule has 2 rings (SSSR count). The zero-order valence-electron chi connectivity index (χ0n) is 9.94. The summed E-state index contributed by atoms with van der Waals surface area (Å²) >= 11 is 0. The van der Waals surface area contributed by atoms with Crippen LogP contribution in [0.5, 0.6) is 0 Å². The van der Waals surface area contributed by atoms with Crippen LogP contribution in [0.2, 0.25) is 0 Å². The average molecular weight is 231 g/mol. The van der Waals surface area contributed by atoms with E-state index in [4.69, 9.17) is 0 Å². The van der Waals surface area contributed by atoms with Crippen LogP contribution < -0.4 is 16.0 Å². The molecule has 1 aliphatic heterocycles. The minimum absolute atomic E-state index is 0.0845. The molecule has 0 aliphatic carbocycles. The molecule has 0 bridgehead atoms. The van der Waals surface area contributed by atoms with Crippen LogP contribution in [0.1, 0.15) is 20.8 Å². The number of anilines is 1. The fourth-order valence-corrected chi connectivity index (χ4v) is 1.33. The van der Waals surface area contributed by atoms with Crippen LogP contribution in [0.25, 0.3) is 0 Å². The lowest BCUT2D eigenvalue weighted by molar-refractivity contribution is -0.123. The number of nitrogens with zero attached hydrogens (tertiary/aromatic N) is 2. The number of fused-ring (bicyclic) bond motifs is 1. The maximum absolute atomic E-state index is 11.8. The molecule has 0 spiro atoms. The quantitative estimate of drug-likeness (QED) is 0.784. The summed E-state index contributed by atoms with van der Waals surface area (Å²) in [6, 6.07) is 4.52. The van der Waals surface area contributed by atoms with Crippen LogP contribution in [0, 0.1) is 5.41 Å². The predicted octanol–water partition coefficient (Wildman–Crippen LogP) is 1.04. The Bertz CT molecular complexity index is 612. The van der Waals surface area contributed by atoms with Gasteiger partial charge in [0, 0.05) is 11.1 Å². The first kappa shape index (κ1) is 11.4. The second-order valence-electron chi connectivity index (χ2n) is 4.91. The van der Waals surface area contributed by atoms with Gasteiger partial charge in [-0.05, 0) is 18.2 Å². The molecular formula is C12H13N3O2. The summed E-state index contributed by atoms with van der Waals surface area (Å²) in [6.07, 6.45) is 0. The van der Waals surface area contributed by atoms with Crippen molar-refractivity contribution in [3.05, 3.63) is 28.9 Å². The highest BCUT2D eigenvalue weighted by Gasteiger charge is 2.21. The molecule has 0 atom stereocenters. The van der Waals surface area contributed by atoms with Crippen LogP contribution in [-0.2, 0) is 4.79 Å². The predicted molar refractivity (Wildman–Crippen MR) is 62.2 cm³/mol. The first-order chi connectivity index (χ1) is 7.86. The molecule has 1 aliphatic rings. The highest BCUT2D eigenvalue weighted by Crippen LogP contribution is 2.16. The number of urea groups is 1. The molecule has 88 valence electrons. The highest BCUT2D eigenvalue weighted by atomic mass is 16.2. The Morgan fingerprint density at radius 3 is 2.47 bits per heavy atom. The minimum Gasteiger partial charge on any atom is -0.326 e. The molecule has 5 heteroatoms. The van der Waals surface area contributed by atoms with E-state index in [1.165, 1.54) is 0 Å². The van der Waals surface area contributed by atoms with E-state index in [-0.39, 0.29) is 5.91 Å². The molecule has 17 heavy (non-hydrogen) atoms. The Hall–Kier alpha value is -2.04. The molecule has 0 radical (unpaired) electrons. The number of amides is 3. The second kappa shape index (κ2) is 3.76. The third kappa shape index (κ3) is 2.38. The summed E-state index contributed by atoms with van der Waals surface area (Å²) < 4.78 is 0. The van der Waals surface area contributed by atoms with E-state index in [0.29, 0.717) is 16.4 Å². The zero-order chi connectivity index (χ0) is 12.6. The Balaban J connectivity index is 2.30. The number of nitrogens with one attached hydrogen (secondary N) is 1. The molecule has 1 aromatic rings. The van der Waals surface area contributed by atoms with Crippen LogP contribution in [0.4, 0.5) is 10.5 Å². The molecule has 1 heterocycles. The summed E-state index contributed by atoms with van der Waals surface area (Å²) in [5.41, 5.74) is 0.161.